The number of halogens is 3. The first-order valence-electron chi connectivity index (χ1n) is 14.4. The fourth-order valence-corrected chi connectivity index (χ4v) is 7.25. The molecule has 1 saturated heterocycles. The van der Waals surface area contributed by atoms with Crippen LogP contribution < -0.4 is 15.8 Å². The van der Waals surface area contributed by atoms with Gasteiger partial charge < -0.3 is 15.8 Å². The Bertz CT molecular complexity index is 1770. The molecule has 228 valence electrons. The van der Waals surface area contributed by atoms with Crippen molar-refractivity contribution >= 4 is 32.4 Å². The first kappa shape index (κ1) is 29.4. The van der Waals surface area contributed by atoms with Crippen molar-refractivity contribution in [1.82, 2.24) is 20.1 Å². The van der Waals surface area contributed by atoms with Gasteiger partial charge in [-0.25, -0.2) is 26.6 Å². The quantitative estimate of drug-likeness (QED) is 0.240. The molecule has 1 saturated carbocycles. The van der Waals surface area contributed by atoms with E-state index in [1.807, 2.05) is 11.6 Å². The third-order valence-corrected chi connectivity index (χ3v) is 9.50. The van der Waals surface area contributed by atoms with Gasteiger partial charge >= 0.3 is 0 Å². The number of sulfonamides is 1. The molecule has 4 aromatic rings. The summed E-state index contributed by atoms with van der Waals surface area (Å²) in [5.41, 5.74) is 7.29. The number of anilines is 2. The van der Waals surface area contributed by atoms with E-state index in [-0.39, 0.29) is 28.6 Å². The zero-order valence-electron chi connectivity index (χ0n) is 23.6. The molecule has 0 unspecified atom stereocenters. The number of benzene rings is 2. The van der Waals surface area contributed by atoms with E-state index in [0.29, 0.717) is 24.0 Å². The van der Waals surface area contributed by atoms with Crippen LogP contribution in [0, 0.1) is 17.5 Å². The molecule has 9 nitrogen and oxygen atoms in total. The lowest BCUT2D eigenvalue weighted by atomic mass is 9.81. The molecular formula is C30H33F3N6O3S. The Morgan fingerprint density at radius 3 is 2.44 bits per heavy atom. The van der Waals surface area contributed by atoms with Gasteiger partial charge in [-0.05, 0) is 56.2 Å². The molecule has 1 aliphatic carbocycles. The Morgan fingerprint density at radius 1 is 1.02 bits per heavy atom. The predicted molar refractivity (Wildman–Crippen MR) is 158 cm³/mol. The second-order valence-corrected chi connectivity index (χ2v) is 12.9. The van der Waals surface area contributed by atoms with E-state index in [1.165, 1.54) is 18.2 Å². The molecule has 6 rings (SSSR count). The Labute approximate surface area is 247 Å². The number of nitrogen functional groups attached to an aromatic ring is 1. The van der Waals surface area contributed by atoms with Crippen LogP contribution in [0.5, 0.6) is 0 Å². The smallest absolute Gasteiger partial charge is 0.237 e. The van der Waals surface area contributed by atoms with E-state index < -0.39 is 38.9 Å². The van der Waals surface area contributed by atoms with Crippen molar-refractivity contribution in [2.75, 3.05) is 23.7 Å². The second-order valence-electron chi connectivity index (χ2n) is 11.2. The Kier molecular flexibility index (Phi) is 8.05. The lowest BCUT2D eigenvalue weighted by molar-refractivity contribution is -0.0121. The minimum Gasteiger partial charge on any atom is -0.383 e. The van der Waals surface area contributed by atoms with E-state index >= 15 is 8.78 Å². The number of ether oxygens (including phenoxy) is 1. The van der Waals surface area contributed by atoms with Crippen molar-refractivity contribution in [3.63, 3.8) is 0 Å². The zero-order chi connectivity index (χ0) is 30.3. The number of nitrogens with one attached hydrogen (secondary N) is 2. The van der Waals surface area contributed by atoms with Gasteiger partial charge in [0.15, 0.2) is 0 Å². The predicted octanol–water partition coefficient (Wildman–Crippen LogP) is 5.07. The number of aryl methyl sites for hydroxylation is 1. The van der Waals surface area contributed by atoms with Crippen molar-refractivity contribution in [3.05, 3.63) is 71.2 Å². The molecule has 3 heterocycles. The van der Waals surface area contributed by atoms with Crippen molar-refractivity contribution < 1.29 is 26.3 Å². The first-order chi connectivity index (χ1) is 20.6. The standard InChI is InChI=1S/C30H33F3N6O3S/c1-2-39-29-22(17-7-9-19(10-8-17)36-20-14-42-15-20)13-35-30(34)27(29)28(37-39)21-11-25(33)26(12-24(21)32)38-43(40,41)16-18-5-3-4-6-23(18)31/h3-6,11-13,17,19-20,36,38H,2,7-10,14-16H2,1H3,(H2,34,35)/t17-,19-. The minimum atomic E-state index is -4.25. The highest BCUT2D eigenvalue weighted by Gasteiger charge is 2.30. The molecule has 4 N–H and O–H groups in total. The molecule has 2 aromatic heterocycles. The summed E-state index contributed by atoms with van der Waals surface area (Å²) in [5, 5.41) is 8.70. The SMILES string of the molecule is CCn1nc(-c2cc(F)c(NS(=O)(=O)Cc3ccccc3F)cc2F)c2c(N)ncc([C@H]3CC[C@H](NC4COC4)CC3)c21. The van der Waals surface area contributed by atoms with Gasteiger partial charge in [0, 0.05) is 36.0 Å². The van der Waals surface area contributed by atoms with Crippen LogP contribution in [0.4, 0.5) is 24.7 Å². The number of hydrogen-bond donors (Lipinski definition) is 3. The van der Waals surface area contributed by atoms with Crippen LogP contribution in [0.25, 0.3) is 22.2 Å². The van der Waals surface area contributed by atoms with Crippen molar-refractivity contribution in [1.29, 1.82) is 0 Å². The Balaban J connectivity index is 1.30. The molecule has 2 aromatic carbocycles. The number of aromatic nitrogens is 3. The van der Waals surface area contributed by atoms with E-state index in [9.17, 15) is 12.8 Å². The van der Waals surface area contributed by atoms with Crippen LogP contribution in [0.3, 0.4) is 0 Å². The normalized spacial score (nSPS) is 19.4. The summed E-state index contributed by atoms with van der Waals surface area (Å²) in [4.78, 5) is 4.42. The number of pyridine rings is 1. The minimum absolute atomic E-state index is 0.0967. The maximum Gasteiger partial charge on any atom is 0.237 e. The molecule has 2 aliphatic rings. The molecule has 0 amide bonds. The van der Waals surface area contributed by atoms with Crippen LogP contribution in [-0.2, 0) is 27.1 Å². The Hall–Kier alpha value is -3.68. The van der Waals surface area contributed by atoms with Crippen molar-refractivity contribution in [2.45, 2.75) is 62.9 Å². The first-order valence-corrected chi connectivity index (χ1v) is 16.0. The maximum absolute atomic E-state index is 15.6. The van der Waals surface area contributed by atoms with Gasteiger partial charge in [0.25, 0.3) is 0 Å². The summed E-state index contributed by atoms with van der Waals surface area (Å²) >= 11 is 0. The number of nitrogens with two attached hydrogens (primary N) is 1. The van der Waals surface area contributed by atoms with Crippen LogP contribution in [-0.4, -0.2) is 48.5 Å². The van der Waals surface area contributed by atoms with Gasteiger partial charge in [0.05, 0.1) is 41.6 Å². The van der Waals surface area contributed by atoms with Gasteiger partial charge in [-0.1, -0.05) is 18.2 Å². The van der Waals surface area contributed by atoms with Crippen molar-refractivity contribution in [3.8, 4) is 11.3 Å². The van der Waals surface area contributed by atoms with Gasteiger partial charge in [0.1, 0.15) is 29.0 Å². The number of hydrogen-bond acceptors (Lipinski definition) is 7. The fourth-order valence-electron chi connectivity index (χ4n) is 6.05. The molecule has 43 heavy (non-hydrogen) atoms. The summed E-state index contributed by atoms with van der Waals surface area (Å²) in [6.45, 7) is 3.86. The molecule has 0 bridgehead atoms. The maximum atomic E-state index is 15.6. The molecule has 0 atom stereocenters. The van der Waals surface area contributed by atoms with Gasteiger partial charge in [-0.2, -0.15) is 5.10 Å². The highest BCUT2D eigenvalue weighted by molar-refractivity contribution is 7.91. The number of fused-ring (bicyclic) bond motifs is 1. The van der Waals surface area contributed by atoms with Crippen LogP contribution >= 0.6 is 0 Å². The van der Waals surface area contributed by atoms with Crippen LogP contribution in [0.1, 0.15) is 49.7 Å². The zero-order valence-corrected chi connectivity index (χ0v) is 24.4. The third-order valence-electron chi connectivity index (χ3n) is 8.28. The summed E-state index contributed by atoms with van der Waals surface area (Å²) in [6, 6.07) is 7.84. The number of nitrogens with zero attached hydrogens (tertiary/aromatic N) is 3. The lowest BCUT2D eigenvalue weighted by Crippen LogP contribution is -2.51. The van der Waals surface area contributed by atoms with Crippen LogP contribution in [0.2, 0.25) is 0 Å². The summed E-state index contributed by atoms with van der Waals surface area (Å²) in [6.07, 6.45) is 5.61. The highest BCUT2D eigenvalue weighted by Crippen LogP contribution is 2.41. The molecule has 13 heteroatoms. The summed E-state index contributed by atoms with van der Waals surface area (Å²) in [5.74, 6) is -3.03. The van der Waals surface area contributed by atoms with E-state index in [1.54, 1.807) is 10.9 Å². The van der Waals surface area contributed by atoms with Crippen LogP contribution in [0.15, 0.2) is 42.6 Å². The Morgan fingerprint density at radius 2 is 1.77 bits per heavy atom. The molecule has 2 fully saturated rings. The molecule has 0 spiro atoms. The van der Waals surface area contributed by atoms with E-state index in [2.05, 4.69) is 15.4 Å². The molecule has 0 radical (unpaired) electrons. The van der Waals surface area contributed by atoms with E-state index in [4.69, 9.17) is 10.5 Å². The molecule has 1 aliphatic heterocycles. The fraction of sp³-hybridized carbons (Fsp3) is 0.400. The largest absolute Gasteiger partial charge is 0.383 e. The number of rotatable bonds is 9. The highest BCUT2D eigenvalue weighted by atomic mass is 32.2. The topological polar surface area (TPSA) is 124 Å². The monoisotopic (exact) mass is 614 g/mol. The lowest BCUT2D eigenvalue weighted by Gasteiger charge is -2.35. The molecular weight excluding hydrogens is 581 g/mol. The summed E-state index contributed by atoms with van der Waals surface area (Å²) in [7, 11) is -4.25. The van der Waals surface area contributed by atoms with Gasteiger partial charge in [-0.3, -0.25) is 9.40 Å². The van der Waals surface area contributed by atoms with Crippen molar-refractivity contribution in [2.24, 2.45) is 0 Å². The average Bonchev–Trinajstić information content (AvgIpc) is 3.35. The third kappa shape index (κ3) is 5.93. The van der Waals surface area contributed by atoms with Gasteiger partial charge in [-0.15, -0.1) is 0 Å². The van der Waals surface area contributed by atoms with E-state index in [0.717, 1.165) is 68.2 Å². The average molecular weight is 615 g/mol. The second kappa shape index (κ2) is 11.8. The summed E-state index contributed by atoms with van der Waals surface area (Å²) < 4.78 is 79.3. The van der Waals surface area contributed by atoms with Gasteiger partial charge in [0.2, 0.25) is 10.0 Å².